The zero-order valence-electron chi connectivity index (χ0n) is 17.4. The van der Waals surface area contributed by atoms with E-state index in [0.29, 0.717) is 22.7 Å². The summed E-state index contributed by atoms with van der Waals surface area (Å²) in [7, 11) is 1.64. The summed E-state index contributed by atoms with van der Waals surface area (Å²) in [5.74, 6) is 2.10. The highest BCUT2D eigenvalue weighted by Gasteiger charge is 2.21. The molecule has 0 bridgehead atoms. The van der Waals surface area contributed by atoms with E-state index in [0.717, 1.165) is 48.7 Å². The van der Waals surface area contributed by atoms with Gasteiger partial charge in [-0.05, 0) is 48.7 Å². The second-order valence-corrected chi connectivity index (χ2v) is 8.37. The van der Waals surface area contributed by atoms with E-state index in [9.17, 15) is 4.79 Å². The molecule has 0 aliphatic carbocycles. The normalized spacial score (nSPS) is 14.8. The maximum atomic E-state index is 13.4. The van der Waals surface area contributed by atoms with Crippen molar-refractivity contribution in [3.8, 4) is 5.75 Å². The quantitative estimate of drug-likeness (QED) is 0.480. The summed E-state index contributed by atoms with van der Waals surface area (Å²) in [5.41, 5.74) is 1.63. The molecule has 0 atom stereocenters. The van der Waals surface area contributed by atoms with Crippen molar-refractivity contribution in [2.45, 2.75) is 32.2 Å². The van der Waals surface area contributed by atoms with E-state index in [1.165, 1.54) is 12.8 Å². The first-order valence-corrected chi connectivity index (χ1v) is 11.0. The molecule has 2 aromatic carbocycles. The Balaban J connectivity index is 1.72. The van der Waals surface area contributed by atoms with Crippen molar-refractivity contribution in [1.82, 2.24) is 19.2 Å². The Labute approximate surface area is 184 Å². The average molecular weight is 438 g/mol. The van der Waals surface area contributed by atoms with Gasteiger partial charge in [-0.3, -0.25) is 9.36 Å². The van der Waals surface area contributed by atoms with Gasteiger partial charge in [0.2, 0.25) is 11.7 Å². The van der Waals surface area contributed by atoms with E-state index >= 15 is 0 Å². The smallest absolute Gasteiger partial charge is 0.263 e. The predicted molar refractivity (Wildman–Crippen MR) is 123 cm³/mol. The topological polar surface area (TPSA) is 64.7 Å². The number of fused-ring (bicyclic) bond motifs is 3. The molecule has 160 valence electrons. The van der Waals surface area contributed by atoms with Gasteiger partial charge < -0.3 is 9.64 Å². The van der Waals surface area contributed by atoms with Crippen molar-refractivity contribution in [1.29, 1.82) is 0 Å². The van der Waals surface area contributed by atoms with Crippen LogP contribution in [-0.2, 0) is 6.54 Å². The average Bonchev–Trinajstić information content (AvgIpc) is 3.04. The van der Waals surface area contributed by atoms with Gasteiger partial charge in [0.25, 0.3) is 5.56 Å². The third kappa shape index (κ3) is 3.63. The van der Waals surface area contributed by atoms with Crippen LogP contribution in [0.25, 0.3) is 16.7 Å². The molecule has 0 spiro atoms. The second-order valence-electron chi connectivity index (χ2n) is 7.94. The Morgan fingerprint density at radius 1 is 1.00 bits per heavy atom. The number of nitrogens with zero attached hydrogens (tertiary/aromatic N) is 5. The zero-order valence-corrected chi connectivity index (χ0v) is 18.2. The molecule has 0 saturated carbocycles. The number of ether oxygens (including phenoxy) is 1. The Morgan fingerprint density at radius 3 is 2.45 bits per heavy atom. The SMILES string of the molecule is COc1ccc(Cn2c(=O)c3cc(Cl)ccc3n3c(N4CCCCCC4)nnc23)cc1. The van der Waals surface area contributed by atoms with Crippen LogP contribution in [0.5, 0.6) is 5.75 Å². The van der Waals surface area contributed by atoms with Gasteiger partial charge in [-0.15, -0.1) is 10.2 Å². The molecule has 0 amide bonds. The Hall–Kier alpha value is -3.06. The van der Waals surface area contributed by atoms with Gasteiger partial charge in [0.05, 0.1) is 24.6 Å². The third-order valence-corrected chi connectivity index (χ3v) is 6.17. The molecule has 5 rings (SSSR count). The van der Waals surface area contributed by atoms with E-state index in [4.69, 9.17) is 16.3 Å². The maximum absolute atomic E-state index is 13.4. The molecule has 7 nitrogen and oxygen atoms in total. The monoisotopic (exact) mass is 437 g/mol. The summed E-state index contributed by atoms with van der Waals surface area (Å²) in [6.07, 6.45) is 4.71. The minimum atomic E-state index is -0.129. The Bertz CT molecular complexity index is 1290. The first-order valence-electron chi connectivity index (χ1n) is 10.6. The lowest BCUT2D eigenvalue weighted by molar-refractivity contribution is 0.414. The van der Waals surface area contributed by atoms with Crippen molar-refractivity contribution in [2.75, 3.05) is 25.1 Å². The van der Waals surface area contributed by atoms with Gasteiger partial charge in [0, 0.05) is 18.1 Å². The third-order valence-electron chi connectivity index (χ3n) is 5.93. The minimum Gasteiger partial charge on any atom is -0.497 e. The van der Waals surface area contributed by atoms with Crippen LogP contribution >= 0.6 is 11.6 Å². The highest BCUT2D eigenvalue weighted by atomic mass is 35.5. The van der Waals surface area contributed by atoms with E-state index in [2.05, 4.69) is 15.1 Å². The van der Waals surface area contributed by atoms with Crippen molar-refractivity contribution in [3.05, 3.63) is 63.4 Å². The van der Waals surface area contributed by atoms with Gasteiger partial charge >= 0.3 is 0 Å². The van der Waals surface area contributed by atoms with Gasteiger partial charge in [0.15, 0.2) is 0 Å². The molecule has 0 unspecified atom stereocenters. The van der Waals surface area contributed by atoms with Crippen LogP contribution in [0.1, 0.15) is 31.2 Å². The van der Waals surface area contributed by atoms with Crippen LogP contribution in [0.3, 0.4) is 0 Å². The van der Waals surface area contributed by atoms with Gasteiger partial charge in [-0.2, -0.15) is 0 Å². The molecule has 2 aromatic heterocycles. The highest BCUT2D eigenvalue weighted by molar-refractivity contribution is 6.31. The lowest BCUT2D eigenvalue weighted by atomic mass is 10.2. The fourth-order valence-corrected chi connectivity index (χ4v) is 4.47. The predicted octanol–water partition coefficient (Wildman–Crippen LogP) is 4.13. The summed E-state index contributed by atoms with van der Waals surface area (Å²) in [6.45, 7) is 2.26. The largest absolute Gasteiger partial charge is 0.497 e. The number of rotatable bonds is 4. The first kappa shape index (κ1) is 19.9. The van der Waals surface area contributed by atoms with Crippen molar-refractivity contribution in [2.24, 2.45) is 0 Å². The number of benzene rings is 2. The molecule has 3 heterocycles. The summed E-state index contributed by atoms with van der Waals surface area (Å²) in [6, 6.07) is 13.1. The van der Waals surface area contributed by atoms with E-state index in [1.807, 2.05) is 40.8 Å². The summed E-state index contributed by atoms with van der Waals surface area (Å²) in [5, 5.41) is 10.1. The fraction of sp³-hybridized carbons (Fsp3) is 0.348. The number of halogens is 1. The Kier molecular flexibility index (Phi) is 5.28. The fourth-order valence-electron chi connectivity index (χ4n) is 4.30. The van der Waals surface area contributed by atoms with Gasteiger partial charge in [-0.1, -0.05) is 36.6 Å². The molecular formula is C23H24ClN5O2. The molecular weight excluding hydrogens is 414 g/mol. The summed E-state index contributed by atoms with van der Waals surface area (Å²) < 4.78 is 8.93. The van der Waals surface area contributed by atoms with Crippen molar-refractivity contribution < 1.29 is 4.74 Å². The molecule has 1 saturated heterocycles. The molecule has 1 aliphatic heterocycles. The van der Waals surface area contributed by atoms with Crippen molar-refractivity contribution in [3.63, 3.8) is 0 Å². The van der Waals surface area contributed by atoms with Crippen LogP contribution in [-0.4, -0.2) is 39.4 Å². The molecule has 1 fully saturated rings. The van der Waals surface area contributed by atoms with Crippen LogP contribution < -0.4 is 15.2 Å². The number of hydrogen-bond donors (Lipinski definition) is 0. The van der Waals surface area contributed by atoms with Crippen molar-refractivity contribution >= 4 is 34.2 Å². The van der Waals surface area contributed by atoms with Crippen LogP contribution in [0.15, 0.2) is 47.3 Å². The highest BCUT2D eigenvalue weighted by Crippen LogP contribution is 2.25. The second kappa shape index (κ2) is 8.23. The summed E-state index contributed by atoms with van der Waals surface area (Å²) >= 11 is 6.26. The van der Waals surface area contributed by atoms with E-state index in [1.54, 1.807) is 17.7 Å². The lowest BCUT2D eigenvalue weighted by Gasteiger charge is -2.21. The molecule has 4 aromatic rings. The first-order chi connectivity index (χ1) is 15.2. The standard InChI is InChI=1S/C23H24ClN5O2/c1-31-18-9-6-16(7-10-18)15-28-21(30)19-14-17(24)8-11-20(19)29-22(25-26-23(28)29)27-12-4-2-3-5-13-27/h6-11,14H,2-5,12-13,15H2,1H3. The molecule has 1 aliphatic rings. The number of hydrogen-bond acceptors (Lipinski definition) is 5. The number of methoxy groups -OCH3 is 1. The molecule has 31 heavy (non-hydrogen) atoms. The van der Waals surface area contributed by atoms with Gasteiger partial charge in [-0.25, -0.2) is 4.40 Å². The van der Waals surface area contributed by atoms with Crippen LogP contribution in [0.4, 0.5) is 5.95 Å². The van der Waals surface area contributed by atoms with E-state index in [-0.39, 0.29) is 5.56 Å². The zero-order chi connectivity index (χ0) is 21.4. The molecule has 8 heteroatoms. The Morgan fingerprint density at radius 2 is 1.74 bits per heavy atom. The maximum Gasteiger partial charge on any atom is 0.263 e. The number of anilines is 1. The molecule has 0 N–H and O–H groups in total. The van der Waals surface area contributed by atoms with Crippen LogP contribution in [0, 0.1) is 0 Å². The number of aromatic nitrogens is 4. The van der Waals surface area contributed by atoms with Crippen LogP contribution in [0.2, 0.25) is 5.02 Å². The van der Waals surface area contributed by atoms with E-state index < -0.39 is 0 Å². The lowest BCUT2D eigenvalue weighted by Crippen LogP contribution is -2.28. The molecule has 0 radical (unpaired) electrons. The minimum absolute atomic E-state index is 0.129. The van der Waals surface area contributed by atoms with Gasteiger partial charge in [0.1, 0.15) is 5.75 Å². The summed E-state index contributed by atoms with van der Waals surface area (Å²) in [4.78, 5) is 15.7.